The summed E-state index contributed by atoms with van der Waals surface area (Å²) in [4.78, 5) is 0. The molecule has 0 saturated carbocycles. The van der Waals surface area contributed by atoms with E-state index in [0.29, 0.717) is 5.46 Å². The predicted molar refractivity (Wildman–Crippen MR) is 499 cm³/mol. The van der Waals surface area contributed by atoms with Crippen molar-refractivity contribution in [2.24, 2.45) is 0 Å². The van der Waals surface area contributed by atoms with E-state index in [1.807, 2.05) is 30.3 Å². The summed E-state index contributed by atoms with van der Waals surface area (Å²) in [6.45, 7) is 0. The summed E-state index contributed by atoms with van der Waals surface area (Å²) in [6.07, 6.45) is 0. The van der Waals surface area contributed by atoms with Gasteiger partial charge in [-0.3, -0.25) is 0 Å². The second-order valence-electron chi connectivity index (χ2n) is 28.3. The van der Waals surface area contributed by atoms with Crippen LogP contribution in [0.5, 0.6) is 0 Å². The van der Waals surface area contributed by atoms with Crippen molar-refractivity contribution in [3.8, 4) is 61.8 Å². The highest BCUT2D eigenvalue weighted by Gasteiger charge is 2.22. The average molecular weight is 1770 g/mol. The number of rotatable bonds is 9. The molecule has 0 unspecified atom stereocenters. The Bertz CT molecular complexity index is 6890. The van der Waals surface area contributed by atoms with Crippen LogP contribution in [-0.2, 0) is 0 Å². The molecule has 22 rings (SSSR count). The fourth-order valence-electron chi connectivity index (χ4n) is 16.5. The summed E-state index contributed by atoms with van der Waals surface area (Å²) < 4.78 is 16.4. The molecule has 0 radical (unpaired) electrons. The van der Waals surface area contributed by atoms with Gasteiger partial charge < -0.3 is 32.9 Å². The van der Waals surface area contributed by atoms with Crippen molar-refractivity contribution >= 4 is 192 Å². The van der Waals surface area contributed by atoms with Crippen LogP contribution in [0.25, 0.3) is 171 Å². The van der Waals surface area contributed by atoms with E-state index in [0.717, 1.165) is 69.4 Å². The van der Waals surface area contributed by atoms with E-state index >= 15 is 0 Å². The quantitative estimate of drug-likeness (QED) is 0.112. The molecule has 0 aliphatic rings. The molecule has 5 aromatic heterocycles. The Labute approximate surface area is 697 Å². The first kappa shape index (κ1) is 72.2. The minimum absolute atomic E-state index is 0.461. The molecule has 0 bridgehead atoms. The molecule has 0 fully saturated rings. The number of benzene rings is 17. The van der Waals surface area contributed by atoms with Gasteiger partial charge in [0.25, 0.3) is 0 Å². The van der Waals surface area contributed by atoms with Crippen LogP contribution < -0.4 is 5.46 Å². The highest BCUT2D eigenvalue weighted by Crippen LogP contribution is 2.42. The number of aromatic nitrogens is 5. The van der Waals surface area contributed by atoms with Crippen LogP contribution >= 0.6 is 70.4 Å². The minimum Gasteiger partial charge on any atom is -0.423 e. The zero-order chi connectivity index (χ0) is 76.9. The standard InChI is InChI=1S/C36H25BN2O2.C36H23BrN2.C24H16BrN.C6H4BrI/c40-37(41)26-11-9-10-24(20-26)25-21-27(38-33-16-5-1-12-29(33)30-13-2-6-17-34(30)38)23-28(22-25)39-35-18-7-3-14-31(35)32-15-4-8-19-36(32)39;37-26-11-9-10-24(20-26)25-21-27(38-33-16-5-1-12-29(33)30-13-2-6-17-34(30)38)23-28(22-25)39-35-18-7-3-14-31(35)32-15-4-8-19-36(32)39;25-19-7-5-6-18(16-19)17-12-14-20(15-13-17)26-23-10-3-1-8-21(23)22-9-2-4-11-24(22)26;7-5-2-1-3-6(8)4-5/h1-23,40-41H;1-23H;1-16H;1-4H. The molecule has 17 aromatic carbocycles. The number of para-hydroxylation sites is 10. The van der Waals surface area contributed by atoms with E-state index in [-0.39, 0.29) is 0 Å². The molecule has 0 saturated heterocycles. The second kappa shape index (κ2) is 31.1. The summed E-state index contributed by atoms with van der Waals surface area (Å²) in [5, 5.41) is 32.3. The van der Waals surface area contributed by atoms with Crippen molar-refractivity contribution in [1.82, 2.24) is 22.8 Å². The zero-order valence-electron chi connectivity index (χ0n) is 61.3. The molecule has 544 valence electrons. The molecule has 2 N–H and O–H groups in total. The lowest BCUT2D eigenvalue weighted by Crippen LogP contribution is -2.29. The van der Waals surface area contributed by atoms with Gasteiger partial charge in [-0.25, -0.2) is 0 Å². The van der Waals surface area contributed by atoms with Gasteiger partial charge in [-0.05, 0) is 213 Å². The van der Waals surface area contributed by atoms with Crippen LogP contribution in [0.15, 0.2) is 414 Å². The SMILES string of the molecule is Brc1cccc(-c2cc(-n3c4ccccc4c4ccccc43)cc(-n3c4ccccc4c4ccccc43)c2)c1.Brc1cccc(-c2ccc(-n3c4ccccc4c4ccccc43)cc2)c1.Brc1cccc(I)c1.OB(O)c1cccc(-c2cc(-n3c4ccccc4c4ccccc43)cc(-n3c4ccccc4c4ccccc43)c2)c1. The number of nitrogens with zero attached hydrogens (tertiary/aromatic N) is 5. The molecule has 0 aliphatic carbocycles. The zero-order valence-corrected chi connectivity index (χ0v) is 68.2. The molecule has 0 amide bonds. The molecule has 7 nitrogen and oxygen atoms in total. The third-order valence-electron chi connectivity index (χ3n) is 21.5. The molecule has 0 aliphatic heterocycles. The Hall–Kier alpha value is -12.1. The summed E-state index contributed by atoms with van der Waals surface area (Å²) in [5.74, 6) is 0. The third-order valence-corrected chi connectivity index (χ3v) is 23.6. The van der Waals surface area contributed by atoms with Gasteiger partial charge in [0.1, 0.15) is 0 Å². The molecule has 114 heavy (non-hydrogen) atoms. The monoisotopic (exact) mass is 1770 g/mol. The number of fused-ring (bicyclic) bond motifs is 15. The van der Waals surface area contributed by atoms with E-state index in [9.17, 15) is 10.0 Å². The Kier molecular flexibility index (Phi) is 19.7. The summed E-state index contributed by atoms with van der Waals surface area (Å²) >= 11 is 12.9. The third kappa shape index (κ3) is 13.6. The maximum atomic E-state index is 9.93. The van der Waals surface area contributed by atoms with Crippen molar-refractivity contribution in [2.45, 2.75) is 0 Å². The summed E-state index contributed by atoms with van der Waals surface area (Å²) in [6, 6.07) is 141. The fraction of sp³-hybridized carbons (Fsp3) is 0. The summed E-state index contributed by atoms with van der Waals surface area (Å²) in [7, 11) is -1.53. The minimum atomic E-state index is -1.53. The predicted octanol–water partition coefficient (Wildman–Crippen LogP) is 27.8. The molecule has 0 spiro atoms. The molecule has 5 heterocycles. The lowest BCUT2D eigenvalue weighted by Gasteiger charge is -2.16. The number of hydrogen-bond acceptors (Lipinski definition) is 2. The van der Waals surface area contributed by atoms with Crippen LogP contribution in [0.4, 0.5) is 0 Å². The maximum Gasteiger partial charge on any atom is 0.488 e. The highest BCUT2D eigenvalue weighted by molar-refractivity contribution is 14.1. The lowest BCUT2D eigenvalue weighted by molar-refractivity contribution is 0.426. The largest absolute Gasteiger partial charge is 0.488 e. The van der Waals surface area contributed by atoms with E-state index < -0.39 is 7.12 Å². The van der Waals surface area contributed by atoms with Gasteiger partial charge in [0.15, 0.2) is 0 Å². The van der Waals surface area contributed by atoms with E-state index in [1.165, 1.54) is 118 Å². The topological polar surface area (TPSA) is 65.1 Å². The van der Waals surface area contributed by atoms with Crippen LogP contribution in [0.3, 0.4) is 0 Å². The van der Waals surface area contributed by atoms with Crippen molar-refractivity contribution in [3.63, 3.8) is 0 Å². The van der Waals surface area contributed by atoms with Gasteiger partial charge in [0.2, 0.25) is 0 Å². The smallest absolute Gasteiger partial charge is 0.423 e. The van der Waals surface area contributed by atoms with E-state index in [1.54, 1.807) is 6.07 Å². The second-order valence-corrected chi connectivity index (χ2v) is 32.3. The molecular weight excluding hydrogens is 1700 g/mol. The number of halogens is 4. The summed E-state index contributed by atoms with van der Waals surface area (Å²) in [5.41, 5.74) is 24.5. The molecular formula is C102H68BBr3IN5O2. The highest BCUT2D eigenvalue weighted by atomic mass is 127. The number of hydrogen-bond donors (Lipinski definition) is 2. The lowest BCUT2D eigenvalue weighted by atomic mass is 9.79. The molecule has 22 aromatic rings. The van der Waals surface area contributed by atoms with Crippen molar-refractivity contribution in [2.75, 3.05) is 0 Å². The van der Waals surface area contributed by atoms with Crippen molar-refractivity contribution in [1.29, 1.82) is 0 Å². The normalized spacial score (nSPS) is 11.4. The van der Waals surface area contributed by atoms with E-state index in [4.69, 9.17) is 0 Å². The van der Waals surface area contributed by atoms with Gasteiger partial charge in [-0.1, -0.05) is 297 Å². The van der Waals surface area contributed by atoms with Crippen molar-refractivity contribution in [3.05, 3.63) is 417 Å². The first-order valence-electron chi connectivity index (χ1n) is 37.8. The van der Waals surface area contributed by atoms with Crippen LogP contribution in [-0.4, -0.2) is 40.0 Å². The van der Waals surface area contributed by atoms with E-state index in [2.05, 4.69) is 457 Å². The maximum absolute atomic E-state index is 9.93. The van der Waals surface area contributed by atoms with Crippen LogP contribution in [0.1, 0.15) is 0 Å². The average Bonchev–Trinajstić information content (AvgIpc) is 1.58. The molecule has 0 atom stereocenters. The fourth-order valence-corrected chi connectivity index (χ4v) is 18.7. The van der Waals surface area contributed by atoms with Gasteiger partial charge in [-0.2, -0.15) is 0 Å². The first-order valence-corrected chi connectivity index (χ1v) is 41.2. The van der Waals surface area contributed by atoms with Gasteiger partial charge in [0, 0.05) is 99.3 Å². The first-order chi connectivity index (χ1) is 56.0. The van der Waals surface area contributed by atoms with Gasteiger partial charge >= 0.3 is 7.12 Å². The van der Waals surface area contributed by atoms with Crippen LogP contribution in [0, 0.1) is 3.57 Å². The Morgan fingerprint density at radius 3 is 0.684 bits per heavy atom. The Morgan fingerprint density at radius 1 is 0.193 bits per heavy atom. The Morgan fingerprint density at radius 2 is 0.430 bits per heavy atom. The Balaban J connectivity index is 0.000000111. The van der Waals surface area contributed by atoms with Crippen LogP contribution in [0.2, 0.25) is 0 Å². The van der Waals surface area contributed by atoms with Crippen molar-refractivity contribution < 1.29 is 10.0 Å². The van der Waals surface area contributed by atoms with Gasteiger partial charge in [0.05, 0.1) is 55.2 Å². The van der Waals surface area contributed by atoms with Gasteiger partial charge in [-0.15, -0.1) is 0 Å². The molecule has 12 heteroatoms.